The Kier molecular flexibility index (Phi) is 4.62. The summed E-state index contributed by atoms with van der Waals surface area (Å²) in [5.74, 6) is 0.231. The van der Waals surface area contributed by atoms with Gasteiger partial charge in [-0.05, 0) is 31.4 Å². The summed E-state index contributed by atoms with van der Waals surface area (Å²) in [6, 6.07) is 10.4. The van der Waals surface area contributed by atoms with Crippen LogP contribution in [0, 0.1) is 0 Å². The van der Waals surface area contributed by atoms with Crippen LogP contribution in [0.3, 0.4) is 0 Å². The van der Waals surface area contributed by atoms with Gasteiger partial charge in [-0.15, -0.1) is 0 Å². The van der Waals surface area contributed by atoms with Crippen LogP contribution >= 0.6 is 0 Å². The number of hydrogen-bond donors (Lipinski definition) is 1. The maximum Gasteiger partial charge on any atom is 0.242 e. The van der Waals surface area contributed by atoms with Crippen LogP contribution < -0.4 is 5.32 Å². The van der Waals surface area contributed by atoms with Crippen molar-refractivity contribution in [2.75, 3.05) is 18.4 Å². The van der Waals surface area contributed by atoms with E-state index in [9.17, 15) is 4.79 Å². The lowest BCUT2D eigenvalue weighted by Crippen LogP contribution is -2.38. The molecule has 0 radical (unpaired) electrons. The van der Waals surface area contributed by atoms with Crippen molar-refractivity contribution in [2.45, 2.75) is 38.6 Å². The molecule has 1 aromatic carbocycles. The molecule has 0 saturated heterocycles. The third-order valence-corrected chi connectivity index (χ3v) is 3.28. The van der Waals surface area contributed by atoms with E-state index in [1.54, 1.807) is 0 Å². The molecule has 0 spiro atoms. The van der Waals surface area contributed by atoms with Gasteiger partial charge >= 0.3 is 0 Å². The van der Waals surface area contributed by atoms with Crippen molar-refractivity contribution in [1.82, 2.24) is 4.90 Å². The Labute approximate surface area is 109 Å². The van der Waals surface area contributed by atoms with Crippen molar-refractivity contribution < 1.29 is 4.79 Å². The highest BCUT2D eigenvalue weighted by molar-refractivity contribution is 5.81. The number of benzene rings is 1. The summed E-state index contributed by atoms with van der Waals surface area (Å²) in [6.07, 6.45) is 4.61. The first-order chi connectivity index (χ1) is 8.81. The molecular formula is C15H22N2O. The van der Waals surface area contributed by atoms with Crippen molar-refractivity contribution in [2.24, 2.45) is 0 Å². The molecule has 3 nitrogen and oxygen atoms in total. The van der Waals surface area contributed by atoms with Crippen LogP contribution in [-0.2, 0) is 4.79 Å². The first-order valence-electron chi connectivity index (χ1n) is 6.89. The fourth-order valence-electron chi connectivity index (χ4n) is 2.06. The summed E-state index contributed by atoms with van der Waals surface area (Å²) in [5.41, 5.74) is 1.01. The van der Waals surface area contributed by atoms with Gasteiger partial charge in [0.15, 0.2) is 0 Å². The van der Waals surface area contributed by atoms with Crippen molar-refractivity contribution in [3.05, 3.63) is 30.3 Å². The topological polar surface area (TPSA) is 32.3 Å². The third-order valence-electron chi connectivity index (χ3n) is 3.28. The number of rotatable bonds is 7. The maximum absolute atomic E-state index is 12.2. The molecule has 1 aromatic rings. The molecular weight excluding hydrogens is 224 g/mol. The van der Waals surface area contributed by atoms with Gasteiger partial charge in [-0.1, -0.05) is 31.5 Å². The second kappa shape index (κ2) is 6.43. The van der Waals surface area contributed by atoms with Gasteiger partial charge in [0.2, 0.25) is 5.91 Å². The summed E-state index contributed by atoms with van der Waals surface area (Å²) in [6.45, 7) is 3.48. The lowest BCUT2D eigenvalue weighted by Gasteiger charge is -2.22. The Bertz CT molecular complexity index is 373. The van der Waals surface area contributed by atoms with E-state index in [-0.39, 0.29) is 5.91 Å². The summed E-state index contributed by atoms with van der Waals surface area (Å²) in [7, 11) is 0. The lowest BCUT2D eigenvalue weighted by atomic mass is 10.3. The molecule has 0 unspecified atom stereocenters. The number of carbonyl (C=O) groups is 1. The van der Waals surface area contributed by atoms with Gasteiger partial charge in [0.25, 0.3) is 0 Å². The quantitative estimate of drug-likeness (QED) is 0.802. The van der Waals surface area contributed by atoms with E-state index in [0.29, 0.717) is 12.6 Å². The zero-order chi connectivity index (χ0) is 12.8. The molecule has 1 aliphatic carbocycles. The van der Waals surface area contributed by atoms with Crippen LogP contribution in [0.1, 0.15) is 32.6 Å². The molecule has 0 aliphatic heterocycles. The van der Waals surface area contributed by atoms with E-state index in [2.05, 4.69) is 17.1 Å². The molecule has 0 aromatic heterocycles. The van der Waals surface area contributed by atoms with Crippen LogP contribution in [-0.4, -0.2) is 29.9 Å². The number of hydrogen-bond acceptors (Lipinski definition) is 2. The number of amides is 1. The third kappa shape index (κ3) is 3.76. The summed E-state index contributed by atoms with van der Waals surface area (Å²) >= 11 is 0. The van der Waals surface area contributed by atoms with Crippen LogP contribution in [0.25, 0.3) is 0 Å². The monoisotopic (exact) mass is 246 g/mol. The lowest BCUT2D eigenvalue weighted by molar-refractivity contribution is -0.129. The molecule has 3 heteroatoms. The number of nitrogens with one attached hydrogen (secondary N) is 1. The normalized spacial score (nSPS) is 14.3. The molecule has 98 valence electrons. The van der Waals surface area contributed by atoms with Gasteiger partial charge in [0, 0.05) is 18.3 Å². The molecule has 1 fully saturated rings. The van der Waals surface area contributed by atoms with E-state index >= 15 is 0 Å². The second-order valence-corrected chi connectivity index (χ2v) is 4.89. The van der Waals surface area contributed by atoms with Crippen LogP contribution in [0.5, 0.6) is 0 Å². The Morgan fingerprint density at radius 2 is 2.06 bits per heavy atom. The number of nitrogens with zero attached hydrogens (tertiary/aromatic N) is 1. The van der Waals surface area contributed by atoms with E-state index in [4.69, 9.17) is 0 Å². The number of carbonyl (C=O) groups excluding carboxylic acids is 1. The van der Waals surface area contributed by atoms with Crippen molar-refractivity contribution in [3.8, 4) is 0 Å². The first kappa shape index (κ1) is 12.9. The fourth-order valence-corrected chi connectivity index (χ4v) is 2.06. The minimum Gasteiger partial charge on any atom is -0.376 e. The average Bonchev–Trinajstić information content (AvgIpc) is 3.22. The highest BCUT2D eigenvalue weighted by atomic mass is 16.2. The molecule has 18 heavy (non-hydrogen) atoms. The van der Waals surface area contributed by atoms with Gasteiger partial charge < -0.3 is 10.2 Å². The summed E-state index contributed by atoms with van der Waals surface area (Å²) < 4.78 is 0. The van der Waals surface area contributed by atoms with Gasteiger partial charge in [0.05, 0.1) is 6.54 Å². The molecule has 1 amide bonds. The SMILES string of the molecule is CCCCN(C(=O)CNc1ccccc1)C1CC1. The largest absolute Gasteiger partial charge is 0.376 e. The van der Waals surface area contributed by atoms with Gasteiger partial charge in [0.1, 0.15) is 0 Å². The highest BCUT2D eigenvalue weighted by Crippen LogP contribution is 2.27. The molecule has 0 atom stereocenters. The molecule has 0 heterocycles. The Morgan fingerprint density at radius 3 is 2.67 bits per heavy atom. The molecule has 1 saturated carbocycles. The Morgan fingerprint density at radius 1 is 1.33 bits per heavy atom. The minimum absolute atomic E-state index is 0.231. The van der Waals surface area contributed by atoms with Crippen molar-refractivity contribution in [1.29, 1.82) is 0 Å². The van der Waals surface area contributed by atoms with Gasteiger partial charge in [-0.25, -0.2) is 0 Å². The van der Waals surface area contributed by atoms with Crippen LogP contribution in [0.4, 0.5) is 5.69 Å². The molecule has 0 bridgehead atoms. The van der Waals surface area contributed by atoms with E-state index in [1.807, 2.05) is 30.3 Å². The van der Waals surface area contributed by atoms with Crippen LogP contribution in [0.2, 0.25) is 0 Å². The first-order valence-corrected chi connectivity index (χ1v) is 6.89. The predicted molar refractivity (Wildman–Crippen MR) is 74.6 cm³/mol. The number of anilines is 1. The van der Waals surface area contributed by atoms with Gasteiger partial charge in [-0.3, -0.25) is 4.79 Å². The van der Waals surface area contributed by atoms with Gasteiger partial charge in [-0.2, -0.15) is 0 Å². The average molecular weight is 246 g/mol. The van der Waals surface area contributed by atoms with Crippen LogP contribution in [0.15, 0.2) is 30.3 Å². The minimum atomic E-state index is 0.231. The fraction of sp³-hybridized carbons (Fsp3) is 0.533. The smallest absolute Gasteiger partial charge is 0.242 e. The molecule has 2 rings (SSSR count). The summed E-state index contributed by atoms with van der Waals surface area (Å²) in [4.78, 5) is 14.2. The zero-order valence-corrected chi connectivity index (χ0v) is 11.1. The molecule has 1 aliphatic rings. The standard InChI is InChI=1S/C15H22N2O/c1-2-3-11-17(14-9-10-14)15(18)12-16-13-7-5-4-6-8-13/h4-8,14,16H,2-3,9-12H2,1H3. The Hall–Kier alpha value is -1.51. The predicted octanol–water partition coefficient (Wildman–Crippen LogP) is 2.89. The van der Waals surface area contributed by atoms with E-state index < -0.39 is 0 Å². The second-order valence-electron chi connectivity index (χ2n) is 4.89. The number of para-hydroxylation sites is 1. The van der Waals surface area contributed by atoms with E-state index in [0.717, 1.165) is 25.1 Å². The van der Waals surface area contributed by atoms with E-state index in [1.165, 1.54) is 12.8 Å². The Balaban J connectivity index is 1.81. The zero-order valence-electron chi connectivity index (χ0n) is 11.1. The molecule has 1 N–H and O–H groups in total. The highest BCUT2D eigenvalue weighted by Gasteiger charge is 2.31. The van der Waals surface area contributed by atoms with Crippen molar-refractivity contribution in [3.63, 3.8) is 0 Å². The van der Waals surface area contributed by atoms with Crippen molar-refractivity contribution >= 4 is 11.6 Å². The summed E-state index contributed by atoms with van der Waals surface area (Å²) in [5, 5.41) is 3.19. The maximum atomic E-state index is 12.2. The number of unbranched alkanes of at least 4 members (excludes halogenated alkanes) is 1.